The summed E-state index contributed by atoms with van der Waals surface area (Å²) in [5.41, 5.74) is 2.73. The molecule has 0 radical (unpaired) electrons. The number of nitrogens with zero attached hydrogens (tertiary/aromatic N) is 1. The lowest BCUT2D eigenvalue weighted by molar-refractivity contribution is 0.283. The fourth-order valence-electron chi connectivity index (χ4n) is 2.68. The number of hydrogen-bond donors (Lipinski definition) is 2. The van der Waals surface area contributed by atoms with Gasteiger partial charge in [0.1, 0.15) is 0 Å². The molecular formula is C18H32N2O. The van der Waals surface area contributed by atoms with Gasteiger partial charge in [-0.2, -0.15) is 0 Å². The molecule has 0 aliphatic heterocycles. The minimum absolute atomic E-state index is 0.305. The number of para-hydroxylation sites is 1. The summed E-state index contributed by atoms with van der Waals surface area (Å²) in [7, 11) is 2.17. The van der Waals surface area contributed by atoms with Gasteiger partial charge in [0.2, 0.25) is 0 Å². The van der Waals surface area contributed by atoms with Gasteiger partial charge in [-0.25, -0.2) is 0 Å². The van der Waals surface area contributed by atoms with Crippen LogP contribution in [-0.4, -0.2) is 31.9 Å². The van der Waals surface area contributed by atoms with Crippen LogP contribution in [0.1, 0.15) is 57.6 Å². The predicted octanol–water partition coefficient (Wildman–Crippen LogP) is 3.74. The Morgan fingerprint density at radius 1 is 1.14 bits per heavy atom. The van der Waals surface area contributed by atoms with Crippen LogP contribution < -0.4 is 10.2 Å². The fourth-order valence-corrected chi connectivity index (χ4v) is 2.68. The third-order valence-electron chi connectivity index (χ3n) is 3.92. The molecule has 3 heteroatoms. The third kappa shape index (κ3) is 6.06. The van der Waals surface area contributed by atoms with E-state index in [0.717, 1.165) is 45.2 Å². The highest BCUT2D eigenvalue weighted by Crippen LogP contribution is 2.27. The molecule has 2 N–H and O–H groups in total. The number of aliphatic hydroxyl groups is 1. The van der Waals surface area contributed by atoms with Crippen molar-refractivity contribution in [2.24, 2.45) is 0 Å². The Kier molecular flexibility index (Phi) is 9.11. The van der Waals surface area contributed by atoms with E-state index in [1.54, 1.807) is 0 Å². The Morgan fingerprint density at radius 3 is 2.57 bits per heavy atom. The van der Waals surface area contributed by atoms with Gasteiger partial charge in [-0.3, -0.25) is 0 Å². The highest BCUT2D eigenvalue weighted by Gasteiger charge is 2.14. The van der Waals surface area contributed by atoms with Crippen LogP contribution in [0.5, 0.6) is 0 Å². The van der Waals surface area contributed by atoms with Gasteiger partial charge in [-0.1, -0.05) is 32.0 Å². The van der Waals surface area contributed by atoms with Gasteiger partial charge in [0.05, 0.1) is 0 Å². The van der Waals surface area contributed by atoms with E-state index in [2.05, 4.69) is 55.4 Å². The lowest BCUT2D eigenvalue weighted by Crippen LogP contribution is -2.26. The second-order valence-corrected chi connectivity index (χ2v) is 5.68. The van der Waals surface area contributed by atoms with Crippen molar-refractivity contribution in [3.63, 3.8) is 0 Å². The first kappa shape index (κ1) is 18.0. The van der Waals surface area contributed by atoms with Crippen LogP contribution in [-0.2, 0) is 0 Å². The van der Waals surface area contributed by atoms with E-state index < -0.39 is 0 Å². The molecule has 0 bridgehead atoms. The van der Waals surface area contributed by atoms with Crippen LogP contribution in [0, 0.1) is 0 Å². The normalized spacial score (nSPS) is 12.4. The van der Waals surface area contributed by atoms with Crippen molar-refractivity contribution >= 4 is 5.69 Å². The SMILES string of the molecule is CCCNC(CC)c1ccccc1N(C)CCCCCO. The summed E-state index contributed by atoms with van der Waals surface area (Å²) in [6.07, 6.45) is 5.40. The Hall–Kier alpha value is -1.06. The molecule has 0 heterocycles. The van der Waals surface area contributed by atoms with Gasteiger partial charge in [-0.05, 0) is 50.3 Å². The minimum atomic E-state index is 0.305. The quantitative estimate of drug-likeness (QED) is 0.610. The predicted molar refractivity (Wildman–Crippen MR) is 92.0 cm³/mol. The average Bonchev–Trinajstić information content (AvgIpc) is 2.52. The molecule has 1 atom stereocenters. The largest absolute Gasteiger partial charge is 0.396 e. The van der Waals surface area contributed by atoms with Crippen LogP contribution in [0.15, 0.2) is 24.3 Å². The number of nitrogens with one attached hydrogen (secondary N) is 1. The van der Waals surface area contributed by atoms with E-state index in [-0.39, 0.29) is 0 Å². The lowest BCUT2D eigenvalue weighted by Gasteiger charge is -2.27. The molecule has 21 heavy (non-hydrogen) atoms. The van der Waals surface area contributed by atoms with Crippen molar-refractivity contribution in [3.05, 3.63) is 29.8 Å². The molecule has 0 aromatic heterocycles. The maximum absolute atomic E-state index is 8.86. The van der Waals surface area contributed by atoms with Gasteiger partial charge >= 0.3 is 0 Å². The van der Waals surface area contributed by atoms with Crippen molar-refractivity contribution in [1.29, 1.82) is 0 Å². The van der Waals surface area contributed by atoms with Gasteiger partial charge in [0.25, 0.3) is 0 Å². The Bertz CT molecular complexity index is 381. The highest BCUT2D eigenvalue weighted by molar-refractivity contribution is 5.54. The zero-order valence-electron chi connectivity index (χ0n) is 13.9. The molecule has 0 spiro atoms. The smallest absolute Gasteiger partial charge is 0.0431 e. The number of hydrogen-bond acceptors (Lipinski definition) is 3. The van der Waals surface area contributed by atoms with Gasteiger partial charge in [-0.15, -0.1) is 0 Å². The second-order valence-electron chi connectivity index (χ2n) is 5.68. The van der Waals surface area contributed by atoms with Gasteiger partial charge in [0.15, 0.2) is 0 Å². The van der Waals surface area contributed by atoms with Crippen LogP contribution >= 0.6 is 0 Å². The summed E-state index contributed by atoms with van der Waals surface area (Å²) >= 11 is 0. The van der Waals surface area contributed by atoms with Gasteiger partial charge < -0.3 is 15.3 Å². The van der Waals surface area contributed by atoms with E-state index in [9.17, 15) is 0 Å². The number of rotatable bonds is 11. The van der Waals surface area contributed by atoms with Crippen molar-refractivity contribution < 1.29 is 5.11 Å². The first-order valence-electron chi connectivity index (χ1n) is 8.38. The number of unbranched alkanes of at least 4 members (excludes halogenated alkanes) is 2. The molecular weight excluding hydrogens is 260 g/mol. The second kappa shape index (κ2) is 10.6. The zero-order valence-corrected chi connectivity index (χ0v) is 13.9. The maximum atomic E-state index is 8.86. The Morgan fingerprint density at radius 2 is 1.90 bits per heavy atom. The van der Waals surface area contributed by atoms with Crippen molar-refractivity contribution in [2.75, 3.05) is 31.6 Å². The molecule has 1 unspecified atom stereocenters. The number of benzene rings is 1. The number of anilines is 1. The topological polar surface area (TPSA) is 35.5 Å². The average molecular weight is 292 g/mol. The lowest BCUT2D eigenvalue weighted by atomic mass is 10.0. The summed E-state index contributed by atoms with van der Waals surface area (Å²) in [5.74, 6) is 0. The third-order valence-corrected chi connectivity index (χ3v) is 3.92. The standard InChI is InChI=1S/C18H32N2O/c1-4-13-19-17(5-2)16-11-7-8-12-18(16)20(3)14-9-6-10-15-21/h7-8,11-12,17,19,21H,4-6,9-10,13-15H2,1-3H3. The van der Waals surface area contributed by atoms with Crippen molar-refractivity contribution in [1.82, 2.24) is 5.32 Å². The molecule has 1 rings (SSSR count). The van der Waals surface area contributed by atoms with Crippen LogP contribution in [0.2, 0.25) is 0 Å². The molecule has 0 saturated carbocycles. The highest BCUT2D eigenvalue weighted by atomic mass is 16.2. The molecule has 0 aliphatic carbocycles. The van der Waals surface area contributed by atoms with E-state index >= 15 is 0 Å². The summed E-state index contributed by atoms with van der Waals surface area (Å²) in [6.45, 7) is 6.86. The van der Waals surface area contributed by atoms with E-state index in [1.807, 2.05) is 0 Å². The van der Waals surface area contributed by atoms with Crippen molar-refractivity contribution in [2.45, 2.75) is 52.0 Å². The Labute approximate surface area is 130 Å². The van der Waals surface area contributed by atoms with Crippen molar-refractivity contribution in [3.8, 4) is 0 Å². The zero-order chi connectivity index (χ0) is 15.5. The fraction of sp³-hybridized carbons (Fsp3) is 0.667. The monoisotopic (exact) mass is 292 g/mol. The van der Waals surface area contributed by atoms with Crippen LogP contribution in [0.25, 0.3) is 0 Å². The van der Waals surface area contributed by atoms with Crippen LogP contribution in [0.3, 0.4) is 0 Å². The molecule has 0 fully saturated rings. The van der Waals surface area contributed by atoms with E-state index in [0.29, 0.717) is 12.6 Å². The molecule has 0 aliphatic rings. The summed E-state index contributed by atoms with van der Waals surface area (Å²) < 4.78 is 0. The first-order chi connectivity index (χ1) is 10.2. The Balaban J connectivity index is 2.72. The summed E-state index contributed by atoms with van der Waals surface area (Å²) in [4.78, 5) is 2.35. The molecule has 1 aromatic rings. The summed E-state index contributed by atoms with van der Waals surface area (Å²) in [6, 6.07) is 9.15. The number of aliphatic hydroxyl groups excluding tert-OH is 1. The maximum Gasteiger partial charge on any atom is 0.0431 e. The molecule has 3 nitrogen and oxygen atoms in total. The first-order valence-corrected chi connectivity index (χ1v) is 8.38. The minimum Gasteiger partial charge on any atom is -0.396 e. The van der Waals surface area contributed by atoms with Crippen LogP contribution in [0.4, 0.5) is 5.69 Å². The molecule has 120 valence electrons. The molecule has 0 amide bonds. The molecule has 0 saturated heterocycles. The van der Waals surface area contributed by atoms with E-state index in [1.165, 1.54) is 11.3 Å². The van der Waals surface area contributed by atoms with Gasteiger partial charge in [0, 0.05) is 31.9 Å². The van der Waals surface area contributed by atoms with E-state index in [4.69, 9.17) is 5.11 Å². The molecule has 1 aromatic carbocycles. The summed E-state index contributed by atoms with van der Waals surface area (Å²) in [5, 5.41) is 12.5.